The number of carbonyl (C=O) groups is 1. The minimum absolute atomic E-state index is 0.0154. The average molecular weight is 301 g/mol. The predicted octanol–water partition coefficient (Wildman–Crippen LogP) is 3.68. The van der Waals surface area contributed by atoms with Gasteiger partial charge in [0.15, 0.2) is 0 Å². The molecule has 0 radical (unpaired) electrons. The summed E-state index contributed by atoms with van der Waals surface area (Å²) >= 11 is 0. The quantitative estimate of drug-likeness (QED) is 0.884. The summed E-state index contributed by atoms with van der Waals surface area (Å²) in [5.41, 5.74) is 1.93. The van der Waals surface area contributed by atoms with Crippen LogP contribution in [0.25, 0.3) is 0 Å². The molecule has 0 saturated heterocycles. The van der Waals surface area contributed by atoms with Gasteiger partial charge in [0.1, 0.15) is 18.2 Å². The molecule has 0 bridgehead atoms. The summed E-state index contributed by atoms with van der Waals surface area (Å²) in [7, 11) is 0. The predicted molar refractivity (Wildman–Crippen MR) is 83.9 cm³/mol. The van der Waals surface area contributed by atoms with E-state index in [0.717, 1.165) is 16.9 Å². The lowest BCUT2D eigenvalue weighted by Gasteiger charge is -2.09. The highest BCUT2D eigenvalue weighted by Crippen LogP contribution is 2.14. The van der Waals surface area contributed by atoms with E-state index in [1.54, 1.807) is 12.1 Å². The van der Waals surface area contributed by atoms with E-state index in [4.69, 9.17) is 4.74 Å². The van der Waals surface area contributed by atoms with E-state index in [-0.39, 0.29) is 17.6 Å². The van der Waals surface area contributed by atoms with Crippen LogP contribution in [0.5, 0.6) is 5.75 Å². The molecule has 1 amide bonds. The third-order valence-corrected chi connectivity index (χ3v) is 3.23. The van der Waals surface area contributed by atoms with Gasteiger partial charge in [-0.1, -0.05) is 38.1 Å². The fraction of sp³-hybridized carbons (Fsp3) is 0.278. The molecule has 2 rings (SSSR count). The Labute approximate surface area is 130 Å². The van der Waals surface area contributed by atoms with E-state index < -0.39 is 0 Å². The molecule has 22 heavy (non-hydrogen) atoms. The lowest BCUT2D eigenvalue weighted by Crippen LogP contribution is -2.27. The fourth-order valence-corrected chi connectivity index (χ4v) is 1.84. The van der Waals surface area contributed by atoms with Gasteiger partial charge >= 0.3 is 0 Å². The van der Waals surface area contributed by atoms with Crippen LogP contribution in [0.1, 0.15) is 25.0 Å². The molecule has 0 fully saturated rings. The summed E-state index contributed by atoms with van der Waals surface area (Å²) in [6.45, 7) is 4.63. The van der Waals surface area contributed by atoms with Gasteiger partial charge in [-0.3, -0.25) is 4.79 Å². The first-order valence-electron chi connectivity index (χ1n) is 7.28. The molecule has 0 aliphatic rings. The molecule has 0 unspecified atom stereocenters. The number of rotatable bonds is 6. The van der Waals surface area contributed by atoms with Crippen molar-refractivity contribution < 1.29 is 13.9 Å². The molecule has 2 aromatic carbocycles. The molecule has 4 heteroatoms. The first-order valence-corrected chi connectivity index (χ1v) is 7.28. The maximum atomic E-state index is 12.8. The van der Waals surface area contributed by atoms with Crippen LogP contribution in [0, 0.1) is 11.7 Å². The molecule has 0 saturated carbocycles. The van der Waals surface area contributed by atoms with E-state index in [2.05, 4.69) is 5.32 Å². The number of carbonyl (C=O) groups excluding carboxylic acids is 1. The molecule has 0 aromatic heterocycles. The summed E-state index contributed by atoms with van der Waals surface area (Å²) in [6.07, 6.45) is 0. The Morgan fingerprint density at radius 3 is 2.23 bits per heavy atom. The van der Waals surface area contributed by atoms with Crippen molar-refractivity contribution in [2.24, 2.45) is 5.92 Å². The highest BCUT2D eigenvalue weighted by atomic mass is 19.1. The normalized spacial score (nSPS) is 10.5. The number of hydrogen-bond donors (Lipinski definition) is 1. The zero-order valence-corrected chi connectivity index (χ0v) is 12.8. The standard InChI is InChI=1S/C18H20FNO2/c1-13(2)18(21)20-11-14-5-9-17(10-6-14)22-12-15-3-7-16(19)8-4-15/h3-10,13H,11-12H2,1-2H3,(H,20,21). The highest BCUT2D eigenvalue weighted by Gasteiger charge is 2.05. The first kappa shape index (κ1) is 16.0. The van der Waals surface area contributed by atoms with Crippen molar-refractivity contribution in [3.8, 4) is 5.75 Å². The van der Waals surface area contributed by atoms with E-state index >= 15 is 0 Å². The fourth-order valence-electron chi connectivity index (χ4n) is 1.84. The van der Waals surface area contributed by atoms with Crippen LogP contribution in [0.2, 0.25) is 0 Å². The van der Waals surface area contributed by atoms with Crippen molar-refractivity contribution in [2.45, 2.75) is 27.0 Å². The van der Waals surface area contributed by atoms with Gasteiger partial charge in [-0.05, 0) is 35.4 Å². The average Bonchev–Trinajstić information content (AvgIpc) is 2.53. The molecule has 2 aromatic rings. The maximum absolute atomic E-state index is 12.8. The zero-order chi connectivity index (χ0) is 15.9. The Morgan fingerprint density at radius 2 is 1.64 bits per heavy atom. The van der Waals surface area contributed by atoms with Crippen LogP contribution in [-0.2, 0) is 17.9 Å². The second kappa shape index (κ2) is 7.59. The summed E-state index contributed by atoms with van der Waals surface area (Å²) in [5.74, 6) is 0.509. The third kappa shape index (κ3) is 4.88. The van der Waals surface area contributed by atoms with Crippen molar-refractivity contribution >= 4 is 5.91 Å². The number of nitrogens with one attached hydrogen (secondary N) is 1. The van der Waals surface area contributed by atoms with E-state index in [9.17, 15) is 9.18 Å². The van der Waals surface area contributed by atoms with Crippen LogP contribution in [-0.4, -0.2) is 5.91 Å². The van der Waals surface area contributed by atoms with Gasteiger partial charge in [-0.2, -0.15) is 0 Å². The smallest absolute Gasteiger partial charge is 0.222 e. The monoisotopic (exact) mass is 301 g/mol. The molecule has 1 N–H and O–H groups in total. The molecule has 0 spiro atoms. The number of amides is 1. The SMILES string of the molecule is CC(C)C(=O)NCc1ccc(OCc2ccc(F)cc2)cc1. The van der Waals surface area contributed by atoms with Gasteiger partial charge in [0.25, 0.3) is 0 Å². The van der Waals surface area contributed by atoms with Crippen LogP contribution in [0.3, 0.4) is 0 Å². The van der Waals surface area contributed by atoms with Crippen molar-refractivity contribution in [1.82, 2.24) is 5.32 Å². The lowest BCUT2D eigenvalue weighted by atomic mass is 10.2. The van der Waals surface area contributed by atoms with E-state index in [0.29, 0.717) is 13.2 Å². The number of benzene rings is 2. The van der Waals surface area contributed by atoms with Gasteiger partial charge in [0, 0.05) is 12.5 Å². The minimum Gasteiger partial charge on any atom is -0.489 e. The largest absolute Gasteiger partial charge is 0.489 e. The number of halogens is 1. The van der Waals surface area contributed by atoms with Crippen LogP contribution in [0.4, 0.5) is 4.39 Å². The van der Waals surface area contributed by atoms with Crippen LogP contribution in [0.15, 0.2) is 48.5 Å². The molecular weight excluding hydrogens is 281 g/mol. The van der Waals surface area contributed by atoms with Crippen LogP contribution >= 0.6 is 0 Å². The Balaban J connectivity index is 1.84. The van der Waals surface area contributed by atoms with Gasteiger partial charge in [-0.15, -0.1) is 0 Å². The molecule has 0 heterocycles. The maximum Gasteiger partial charge on any atom is 0.222 e. The second-order valence-electron chi connectivity index (χ2n) is 5.43. The van der Waals surface area contributed by atoms with Crippen molar-refractivity contribution in [2.75, 3.05) is 0 Å². The third-order valence-electron chi connectivity index (χ3n) is 3.23. The molecule has 116 valence electrons. The molecule has 0 aliphatic carbocycles. The second-order valence-corrected chi connectivity index (χ2v) is 5.43. The minimum atomic E-state index is -0.253. The van der Waals surface area contributed by atoms with Gasteiger partial charge in [0.05, 0.1) is 0 Å². The van der Waals surface area contributed by atoms with E-state index in [1.165, 1.54) is 12.1 Å². The topological polar surface area (TPSA) is 38.3 Å². The molecule has 3 nitrogen and oxygen atoms in total. The van der Waals surface area contributed by atoms with Gasteiger partial charge in [-0.25, -0.2) is 4.39 Å². The Morgan fingerprint density at radius 1 is 1.05 bits per heavy atom. The van der Waals surface area contributed by atoms with Gasteiger partial charge in [0.2, 0.25) is 5.91 Å². The summed E-state index contributed by atoms with van der Waals surface area (Å²) in [5, 5.41) is 2.87. The highest BCUT2D eigenvalue weighted by molar-refractivity contribution is 5.77. The lowest BCUT2D eigenvalue weighted by molar-refractivity contribution is -0.124. The Bertz CT molecular complexity index is 606. The van der Waals surface area contributed by atoms with Crippen molar-refractivity contribution in [1.29, 1.82) is 0 Å². The summed E-state index contributed by atoms with van der Waals surface area (Å²) in [6, 6.07) is 13.8. The van der Waals surface area contributed by atoms with Crippen molar-refractivity contribution in [3.05, 3.63) is 65.5 Å². The summed E-state index contributed by atoms with van der Waals surface area (Å²) in [4.78, 5) is 11.5. The summed E-state index contributed by atoms with van der Waals surface area (Å²) < 4.78 is 18.4. The Kier molecular flexibility index (Phi) is 5.53. The van der Waals surface area contributed by atoms with E-state index in [1.807, 2.05) is 38.1 Å². The molecule has 0 atom stereocenters. The zero-order valence-electron chi connectivity index (χ0n) is 12.8. The Hall–Kier alpha value is -2.36. The first-order chi connectivity index (χ1) is 10.5. The van der Waals surface area contributed by atoms with Gasteiger partial charge < -0.3 is 10.1 Å². The van der Waals surface area contributed by atoms with Crippen LogP contribution < -0.4 is 10.1 Å². The number of hydrogen-bond acceptors (Lipinski definition) is 2. The molecular formula is C18H20FNO2. The molecule has 0 aliphatic heterocycles. The number of ether oxygens (including phenoxy) is 1. The van der Waals surface area contributed by atoms with Crippen molar-refractivity contribution in [3.63, 3.8) is 0 Å².